The molecule has 0 fully saturated rings. The number of ether oxygens (including phenoxy) is 1. The number of rotatable bonds is 3. The number of hydrogen-bond acceptors (Lipinski definition) is 5. The van der Waals surface area contributed by atoms with Gasteiger partial charge in [-0.15, -0.1) is 0 Å². The summed E-state index contributed by atoms with van der Waals surface area (Å²) in [6.45, 7) is 2.27. The second kappa shape index (κ2) is 6.10. The quantitative estimate of drug-likeness (QED) is 0.931. The average Bonchev–Trinajstić information content (AvgIpc) is 2.69. The average molecular weight is 284 g/mol. The van der Waals surface area contributed by atoms with Crippen LogP contribution in [-0.4, -0.2) is 30.2 Å². The summed E-state index contributed by atoms with van der Waals surface area (Å²) in [5, 5.41) is 0. The minimum atomic E-state index is 0.381. The van der Waals surface area contributed by atoms with Gasteiger partial charge in [0, 0.05) is 26.3 Å². The Balaban J connectivity index is 1.82. The van der Waals surface area contributed by atoms with Crippen LogP contribution in [0.4, 0.5) is 11.6 Å². The molecule has 2 aromatic rings. The van der Waals surface area contributed by atoms with E-state index in [1.54, 1.807) is 7.11 Å². The molecular formula is C16H20N4O. The summed E-state index contributed by atoms with van der Waals surface area (Å²) in [6.07, 6.45) is 2.05. The molecule has 0 unspecified atom stereocenters. The third kappa shape index (κ3) is 3.13. The van der Waals surface area contributed by atoms with E-state index in [0.717, 1.165) is 31.7 Å². The van der Waals surface area contributed by atoms with Crippen molar-refractivity contribution in [1.82, 2.24) is 9.97 Å². The fourth-order valence-corrected chi connectivity index (χ4v) is 2.76. The van der Waals surface area contributed by atoms with Crippen molar-refractivity contribution in [1.29, 1.82) is 0 Å². The van der Waals surface area contributed by atoms with Crippen LogP contribution in [0.2, 0.25) is 0 Å². The molecule has 0 saturated heterocycles. The summed E-state index contributed by atoms with van der Waals surface area (Å²) in [5.74, 6) is 2.02. The van der Waals surface area contributed by atoms with E-state index in [9.17, 15) is 0 Å². The molecule has 0 bridgehead atoms. The highest BCUT2D eigenvalue weighted by atomic mass is 16.5. The first kappa shape index (κ1) is 13.8. The van der Waals surface area contributed by atoms with Crippen molar-refractivity contribution >= 4 is 11.6 Å². The maximum absolute atomic E-state index is 5.89. The number of fused-ring (bicyclic) bond motifs is 1. The first-order valence-electron chi connectivity index (χ1n) is 7.20. The summed E-state index contributed by atoms with van der Waals surface area (Å²) >= 11 is 0. The lowest BCUT2D eigenvalue weighted by Gasteiger charge is -2.22. The molecule has 2 heterocycles. The molecule has 0 spiro atoms. The molecule has 1 aromatic heterocycles. The molecule has 1 aromatic carbocycles. The van der Waals surface area contributed by atoms with Gasteiger partial charge in [0.1, 0.15) is 18.2 Å². The monoisotopic (exact) mass is 284 g/mol. The fraction of sp³-hybridized carbons (Fsp3) is 0.375. The number of benzene rings is 1. The number of aromatic nitrogens is 2. The predicted octanol–water partition coefficient (Wildman–Crippen LogP) is 1.81. The third-order valence-electron chi connectivity index (χ3n) is 3.80. The zero-order valence-corrected chi connectivity index (χ0v) is 12.2. The molecular weight excluding hydrogens is 264 g/mol. The Hall–Kier alpha value is -2.14. The van der Waals surface area contributed by atoms with Gasteiger partial charge in [0.15, 0.2) is 5.82 Å². The van der Waals surface area contributed by atoms with Crippen LogP contribution in [0.1, 0.15) is 17.0 Å². The van der Waals surface area contributed by atoms with Crippen LogP contribution >= 0.6 is 0 Å². The SMILES string of the molecule is COCc1nc(N)cc(N2CCc3ccccc3CC2)n1. The van der Waals surface area contributed by atoms with E-state index in [4.69, 9.17) is 10.5 Å². The number of methoxy groups -OCH3 is 1. The number of hydrogen-bond donors (Lipinski definition) is 1. The van der Waals surface area contributed by atoms with Crippen LogP contribution < -0.4 is 10.6 Å². The summed E-state index contributed by atoms with van der Waals surface area (Å²) in [5.41, 5.74) is 8.75. The van der Waals surface area contributed by atoms with E-state index in [2.05, 4.69) is 39.1 Å². The maximum Gasteiger partial charge on any atom is 0.158 e. The summed E-state index contributed by atoms with van der Waals surface area (Å²) in [6, 6.07) is 10.5. The van der Waals surface area contributed by atoms with Gasteiger partial charge >= 0.3 is 0 Å². The van der Waals surface area contributed by atoms with Crippen molar-refractivity contribution < 1.29 is 4.74 Å². The smallest absolute Gasteiger partial charge is 0.158 e. The standard InChI is InChI=1S/C16H20N4O/c1-21-11-15-18-14(17)10-16(19-15)20-8-6-12-4-2-3-5-13(12)7-9-20/h2-5,10H,6-9,11H2,1H3,(H2,17,18,19). The first-order valence-corrected chi connectivity index (χ1v) is 7.20. The topological polar surface area (TPSA) is 64.3 Å². The van der Waals surface area contributed by atoms with Crippen molar-refractivity contribution in [3.8, 4) is 0 Å². The highest BCUT2D eigenvalue weighted by Crippen LogP contribution is 2.21. The first-order chi connectivity index (χ1) is 10.3. The van der Waals surface area contributed by atoms with Crippen molar-refractivity contribution in [3.05, 3.63) is 47.3 Å². The van der Waals surface area contributed by atoms with Crippen LogP contribution in [0.5, 0.6) is 0 Å². The normalized spacial score (nSPS) is 14.6. The van der Waals surface area contributed by atoms with Gasteiger partial charge in [-0.1, -0.05) is 24.3 Å². The molecule has 0 amide bonds. The molecule has 0 radical (unpaired) electrons. The van der Waals surface area contributed by atoms with Crippen molar-refractivity contribution in [2.75, 3.05) is 30.8 Å². The molecule has 1 aliphatic heterocycles. The highest BCUT2D eigenvalue weighted by Gasteiger charge is 2.16. The highest BCUT2D eigenvalue weighted by molar-refractivity contribution is 5.48. The number of nitrogens with zero attached hydrogens (tertiary/aromatic N) is 3. The van der Waals surface area contributed by atoms with E-state index >= 15 is 0 Å². The molecule has 0 atom stereocenters. The Morgan fingerprint density at radius 2 is 1.81 bits per heavy atom. The largest absolute Gasteiger partial charge is 0.384 e. The Morgan fingerprint density at radius 1 is 1.14 bits per heavy atom. The lowest BCUT2D eigenvalue weighted by atomic mass is 10.0. The zero-order chi connectivity index (χ0) is 14.7. The molecule has 0 aliphatic carbocycles. The van der Waals surface area contributed by atoms with E-state index in [1.165, 1.54) is 11.1 Å². The van der Waals surface area contributed by atoms with Gasteiger partial charge in [-0.2, -0.15) is 0 Å². The zero-order valence-electron chi connectivity index (χ0n) is 12.2. The molecule has 0 saturated carbocycles. The Kier molecular flexibility index (Phi) is 4.01. The number of anilines is 2. The number of nitrogens with two attached hydrogens (primary N) is 1. The second-order valence-electron chi connectivity index (χ2n) is 5.26. The van der Waals surface area contributed by atoms with Gasteiger partial charge in [0.25, 0.3) is 0 Å². The second-order valence-corrected chi connectivity index (χ2v) is 5.26. The maximum atomic E-state index is 5.89. The van der Waals surface area contributed by atoms with Crippen molar-refractivity contribution in [2.45, 2.75) is 19.4 Å². The predicted molar refractivity (Wildman–Crippen MR) is 83.2 cm³/mol. The van der Waals surface area contributed by atoms with E-state index in [-0.39, 0.29) is 0 Å². The molecule has 110 valence electrons. The van der Waals surface area contributed by atoms with Crippen LogP contribution in [0, 0.1) is 0 Å². The van der Waals surface area contributed by atoms with Crippen LogP contribution in [0.25, 0.3) is 0 Å². The molecule has 5 nitrogen and oxygen atoms in total. The van der Waals surface area contributed by atoms with Gasteiger partial charge in [-0.3, -0.25) is 0 Å². The van der Waals surface area contributed by atoms with Crippen LogP contribution in [0.15, 0.2) is 30.3 Å². The Labute approximate surface area is 124 Å². The van der Waals surface area contributed by atoms with Gasteiger partial charge < -0.3 is 15.4 Å². The van der Waals surface area contributed by atoms with Crippen LogP contribution in [-0.2, 0) is 24.2 Å². The van der Waals surface area contributed by atoms with Gasteiger partial charge in [0.2, 0.25) is 0 Å². The van der Waals surface area contributed by atoms with E-state index in [0.29, 0.717) is 18.2 Å². The fourth-order valence-electron chi connectivity index (χ4n) is 2.76. The lowest BCUT2D eigenvalue weighted by molar-refractivity contribution is 0.178. The molecule has 5 heteroatoms. The molecule has 2 N–H and O–H groups in total. The van der Waals surface area contributed by atoms with Gasteiger partial charge in [-0.05, 0) is 24.0 Å². The van der Waals surface area contributed by atoms with Crippen molar-refractivity contribution in [2.24, 2.45) is 0 Å². The van der Waals surface area contributed by atoms with E-state index < -0.39 is 0 Å². The van der Waals surface area contributed by atoms with Crippen LogP contribution in [0.3, 0.4) is 0 Å². The molecule has 3 rings (SSSR count). The van der Waals surface area contributed by atoms with Gasteiger partial charge in [-0.25, -0.2) is 9.97 Å². The molecule has 1 aliphatic rings. The lowest BCUT2D eigenvalue weighted by Crippen LogP contribution is -2.27. The summed E-state index contributed by atoms with van der Waals surface area (Å²) in [4.78, 5) is 11.0. The third-order valence-corrected chi connectivity index (χ3v) is 3.80. The summed E-state index contributed by atoms with van der Waals surface area (Å²) < 4.78 is 5.10. The Morgan fingerprint density at radius 3 is 2.43 bits per heavy atom. The van der Waals surface area contributed by atoms with E-state index in [1.807, 2.05) is 6.07 Å². The Bertz CT molecular complexity index is 602. The van der Waals surface area contributed by atoms with Gasteiger partial charge in [0.05, 0.1) is 0 Å². The minimum absolute atomic E-state index is 0.381. The number of nitrogen functional groups attached to an aromatic ring is 1. The van der Waals surface area contributed by atoms with Crippen molar-refractivity contribution in [3.63, 3.8) is 0 Å². The minimum Gasteiger partial charge on any atom is -0.384 e. The summed E-state index contributed by atoms with van der Waals surface area (Å²) in [7, 11) is 1.63. The molecule has 21 heavy (non-hydrogen) atoms.